The number of carbonyl (C=O) groups is 1. The van der Waals surface area contributed by atoms with Crippen molar-refractivity contribution in [3.8, 4) is 0 Å². The fourth-order valence-electron chi connectivity index (χ4n) is 1.90. The molecule has 9 heteroatoms. The topological polar surface area (TPSA) is 57.1 Å². The van der Waals surface area contributed by atoms with Crippen LogP contribution in [0.15, 0.2) is 33.9 Å². The molecule has 2 rings (SSSR count). The minimum absolute atomic E-state index is 0.0444. The Balaban J connectivity index is 2.13. The van der Waals surface area contributed by atoms with Gasteiger partial charge in [0.2, 0.25) is 0 Å². The highest BCUT2D eigenvalue weighted by atomic mass is 79.9. The van der Waals surface area contributed by atoms with Gasteiger partial charge >= 0.3 is 17.9 Å². The summed E-state index contributed by atoms with van der Waals surface area (Å²) >= 11 is 3.24. The summed E-state index contributed by atoms with van der Waals surface area (Å²) in [6.45, 7) is 0.706. The molecule has 0 aliphatic carbocycles. The fraction of sp³-hybridized carbons (Fsp3) is 0.429. The Kier molecular flexibility index (Phi) is 5.30. The first kappa shape index (κ1) is 17.7. The van der Waals surface area contributed by atoms with Crippen molar-refractivity contribution in [1.82, 2.24) is 0 Å². The number of hydrogen-bond donors (Lipinski definition) is 0. The van der Waals surface area contributed by atoms with Crippen LogP contribution in [0.2, 0.25) is 0 Å². The lowest BCUT2D eigenvalue weighted by molar-refractivity contribution is -0.370. The predicted octanol–water partition coefficient (Wildman–Crippen LogP) is 3.41. The van der Waals surface area contributed by atoms with Crippen LogP contribution in [-0.4, -0.2) is 36.9 Å². The van der Waals surface area contributed by atoms with Crippen LogP contribution in [0.25, 0.3) is 0 Å². The summed E-state index contributed by atoms with van der Waals surface area (Å²) in [5.74, 6) is -3.89. The van der Waals surface area contributed by atoms with Gasteiger partial charge in [0.1, 0.15) is 6.61 Å². The predicted molar refractivity (Wildman–Crippen MR) is 77.8 cm³/mol. The summed E-state index contributed by atoms with van der Waals surface area (Å²) in [6, 6.07) is 6.55. The van der Waals surface area contributed by atoms with Crippen molar-refractivity contribution in [3.05, 3.63) is 34.3 Å². The molecule has 5 nitrogen and oxygen atoms in total. The lowest BCUT2D eigenvalue weighted by Gasteiger charge is -2.28. The number of esters is 1. The molecule has 1 aliphatic heterocycles. The molecule has 1 aromatic carbocycles. The molecule has 0 fully saturated rings. The quantitative estimate of drug-likeness (QED) is 0.716. The van der Waals surface area contributed by atoms with Gasteiger partial charge in [-0.05, 0) is 24.6 Å². The zero-order valence-corrected chi connectivity index (χ0v) is 13.6. The molecular formula is C14H13BrF3NO4. The Morgan fingerprint density at radius 3 is 2.61 bits per heavy atom. The van der Waals surface area contributed by atoms with Crippen LogP contribution in [0, 0.1) is 0 Å². The molecule has 0 saturated heterocycles. The van der Waals surface area contributed by atoms with Gasteiger partial charge in [-0.2, -0.15) is 13.2 Å². The molecule has 0 amide bonds. The molecule has 126 valence electrons. The average molecular weight is 396 g/mol. The normalized spacial score (nSPS) is 20.8. The minimum Gasteiger partial charge on any atom is -0.464 e. The van der Waals surface area contributed by atoms with Crippen molar-refractivity contribution in [3.63, 3.8) is 0 Å². The van der Waals surface area contributed by atoms with E-state index < -0.39 is 31.0 Å². The number of hydrogen-bond acceptors (Lipinski definition) is 5. The van der Waals surface area contributed by atoms with Gasteiger partial charge in [0.05, 0.1) is 18.7 Å². The third-order valence-electron chi connectivity index (χ3n) is 3.04. The van der Waals surface area contributed by atoms with E-state index in [1.54, 1.807) is 24.3 Å². The molecule has 1 aromatic rings. The van der Waals surface area contributed by atoms with Crippen LogP contribution in [0.4, 0.5) is 13.2 Å². The van der Waals surface area contributed by atoms with E-state index in [9.17, 15) is 18.0 Å². The maximum Gasteiger partial charge on any atom is 0.458 e. The molecule has 1 aliphatic rings. The van der Waals surface area contributed by atoms with E-state index >= 15 is 0 Å². The van der Waals surface area contributed by atoms with Crippen LogP contribution >= 0.6 is 15.9 Å². The van der Waals surface area contributed by atoms with Gasteiger partial charge in [0.25, 0.3) is 0 Å². The van der Waals surface area contributed by atoms with Crippen molar-refractivity contribution in [1.29, 1.82) is 0 Å². The van der Waals surface area contributed by atoms with Gasteiger partial charge in [-0.25, -0.2) is 4.79 Å². The summed E-state index contributed by atoms with van der Waals surface area (Å²) in [5.41, 5.74) is 0.553. The lowest BCUT2D eigenvalue weighted by Crippen LogP contribution is -2.49. The zero-order valence-electron chi connectivity index (χ0n) is 12.0. The highest BCUT2D eigenvalue weighted by Gasteiger charge is 2.63. The molecule has 1 atom stereocenters. The van der Waals surface area contributed by atoms with Gasteiger partial charge in [0, 0.05) is 4.47 Å². The van der Waals surface area contributed by atoms with Crippen LogP contribution in [0.3, 0.4) is 0 Å². The maximum atomic E-state index is 13.3. The van der Waals surface area contributed by atoms with Crippen molar-refractivity contribution >= 4 is 27.6 Å². The van der Waals surface area contributed by atoms with Gasteiger partial charge in [-0.1, -0.05) is 33.2 Å². The van der Waals surface area contributed by atoms with Crippen molar-refractivity contribution < 1.29 is 32.3 Å². The molecule has 0 saturated carbocycles. The molecular weight excluding hydrogens is 383 g/mol. The molecule has 23 heavy (non-hydrogen) atoms. The van der Waals surface area contributed by atoms with Crippen LogP contribution in [0.1, 0.15) is 18.9 Å². The molecule has 1 heterocycles. The van der Waals surface area contributed by atoms with Gasteiger partial charge in [0.15, 0.2) is 0 Å². The van der Waals surface area contributed by atoms with E-state index in [-0.39, 0.29) is 12.3 Å². The third kappa shape index (κ3) is 4.03. The first-order valence-corrected chi connectivity index (χ1v) is 7.44. The summed E-state index contributed by atoms with van der Waals surface area (Å²) in [6.07, 6.45) is -5.52. The second-order valence-corrected chi connectivity index (χ2v) is 5.57. The summed E-state index contributed by atoms with van der Waals surface area (Å²) in [4.78, 5) is 15.8. The highest BCUT2D eigenvalue weighted by molar-refractivity contribution is 9.10. The summed E-state index contributed by atoms with van der Waals surface area (Å²) < 4.78 is 50.0. The second-order valence-electron chi connectivity index (χ2n) is 4.66. The van der Waals surface area contributed by atoms with E-state index in [0.29, 0.717) is 5.56 Å². The SMILES string of the molecule is CCOC(=O)COC1(C(F)(F)F)CC(c2ccc(Br)cc2)=NO1. The second kappa shape index (κ2) is 6.88. The minimum atomic E-state index is -4.86. The van der Waals surface area contributed by atoms with E-state index in [4.69, 9.17) is 4.74 Å². The summed E-state index contributed by atoms with van der Waals surface area (Å²) in [7, 11) is 0. The maximum absolute atomic E-state index is 13.3. The van der Waals surface area contributed by atoms with Crippen molar-refractivity contribution in [2.45, 2.75) is 25.3 Å². The van der Waals surface area contributed by atoms with E-state index in [2.05, 4.69) is 30.7 Å². The van der Waals surface area contributed by atoms with E-state index in [1.807, 2.05) is 0 Å². The molecule has 0 aromatic heterocycles. The first-order chi connectivity index (χ1) is 10.8. The Morgan fingerprint density at radius 2 is 2.04 bits per heavy atom. The molecule has 1 unspecified atom stereocenters. The molecule has 0 N–H and O–H groups in total. The number of oxime groups is 1. The van der Waals surface area contributed by atoms with Crippen LogP contribution < -0.4 is 0 Å². The average Bonchev–Trinajstić information content (AvgIpc) is 2.92. The number of rotatable bonds is 5. The smallest absolute Gasteiger partial charge is 0.458 e. The largest absolute Gasteiger partial charge is 0.464 e. The zero-order chi connectivity index (χ0) is 17.1. The van der Waals surface area contributed by atoms with E-state index in [0.717, 1.165) is 4.47 Å². The fourth-order valence-corrected chi connectivity index (χ4v) is 2.16. The van der Waals surface area contributed by atoms with Gasteiger partial charge < -0.3 is 14.3 Å². The third-order valence-corrected chi connectivity index (χ3v) is 3.57. The first-order valence-electron chi connectivity index (χ1n) is 6.65. The number of benzene rings is 1. The number of ether oxygens (including phenoxy) is 2. The number of carbonyl (C=O) groups excluding carboxylic acids is 1. The van der Waals surface area contributed by atoms with Crippen LogP contribution in [-0.2, 0) is 19.1 Å². The molecule has 0 radical (unpaired) electrons. The lowest BCUT2D eigenvalue weighted by atomic mass is 10.0. The number of alkyl halides is 3. The molecule has 0 spiro atoms. The Bertz CT molecular complexity index is 603. The monoisotopic (exact) mass is 395 g/mol. The van der Waals surface area contributed by atoms with E-state index in [1.165, 1.54) is 6.92 Å². The Morgan fingerprint density at radius 1 is 1.39 bits per heavy atom. The summed E-state index contributed by atoms with van der Waals surface area (Å²) in [5, 5.41) is 3.48. The standard InChI is InChI=1S/C14H13BrF3NO4/c1-2-21-12(20)8-22-13(14(16,17)18)7-11(19-23-13)9-3-5-10(15)6-4-9/h3-6H,2,7-8H2,1H3. The van der Waals surface area contributed by atoms with Gasteiger partial charge in [-0.15, -0.1) is 0 Å². The van der Waals surface area contributed by atoms with Crippen molar-refractivity contribution in [2.24, 2.45) is 5.16 Å². The number of halogens is 4. The van der Waals surface area contributed by atoms with Crippen molar-refractivity contribution in [2.75, 3.05) is 13.2 Å². The highest BCUT2D eigenvalue weighted by Crippen LogP contribution is 2.42. The van der Waals surface area contributed by atoms with Gasteiger partial charge in [-0.3, -0.25) is 0 Å². The number of nitrogens with zero attached hydrogens (tertiary/aromatic N) is 1. The van der Waals surface area contributed by atoms with Crippen LogP contribution in [0.5, 0.6) is 0 Å². The Labute approximate surface area is 138 Å². The molecule has 0 bridgehead atoms. The Hall–Kier alpha value is -1.61.